The Bertz CT molecular complexity index is 288. The largest absolute Gasteiger partial charge is 0.368 e. The number of rotatable bonds is 2. The molecule has 4 heteroatoms. The summed E-state index contributed by atoms with van der Waals surface area (Å²) in [5.74, 6) is 0.235. The predicted molar refractivity (Wildman–Crippen MR) is 69.4 cm³/mol. The van der Waals surface area contributed by atoms with E-state index in [1.807, 2.05) is 4.90 Å². The van der Waals surface area contributed by atoms with Gasteiger partial charge in [-0.25, -0.2) is 0 Å². The zero-order valence-corrected chi connectivity index (χ0v) is 11.1. The number of hydrogen-bond acceptors (Lipinski definition) is 3. The van der Waals surface area contributed by atoms with Crippen LogP contribution in [0.3, 0.4) is 0 Å². The monoisotopic (exact) mass is 252 g/mol. The van der Waals surface area contributed by atoms with Crippen LogP contribution in [0.25, 0.3) is 0 Å². The van der Waals surface area contributed by atoms with E-state index in [-0.39, 0.29) is 12.0 Å². The first-order chi connectivity index (χ1) is 8.84. The molecule has 3 rings (SSSR count). The number of ether oxygens (including phenoxy) is 1. The van der Waals surface area contributed by atoms with Crippen molar-refractivity contribution in [3.05, 3.63) is 0 Å². The summed E-state index contributed by atoms with van der Waals surface area (Å²) in [5, 5.41) is 0. The third-order valence-electron chi connectivity index (χ3n) is 4.67. The van der Waals surface area contributed by atoms with E-state index in [0.717, 1.165) is 51.7 Å². The van der Waals surface area contributed by atoms with Gasteiger partial charge in [-0.05, 0) is 25.7 Å². The van der Waals surface area contributed by atoms with E-state index in [9.17, 15) is 4.79 Å². The second-order valence-electron chi connectivity index (χ2n) is 5.80. The highest BCUT2D eigenvalue weighted by atomic mass is 16.5. The molecule has 0 spiro atoms. The van der Waals surface area contributed by atoms with Crippen molar-refractivity contribution in [1.82, 2.24) is 9.80 Å². The van der Waals surface area contributed by atoms with Gasteiger partial charge in [0.05, 0.1) is 0 Å². The molecule has 2 saturated heterocycles. The van der Waals surface area contributed by atoms with E-state index in [2.05, 4.69) is 4.90 Å². The van der Waals surface area contributed by atoms with Crippen LogP contribution >= 0.6 is 0 Å². The van der Waals surface area contributed by atoms with Gasteiger partial charge in [0.15, 0.2) is 0 Å². The van der Waals surface area contributed by atoms with Gasteiger partial charge >= 0.3 is 0 Å². The minimum absolute atomic E-state index is 0.136. The van der Waals surface area contributed by atoms with Gasteiger partial charge in [-0.3, -0.25) is 9.69 Å². The second-order valence-corrected chi connectivity index (χ2v) is 5.80. The minimum atomic E-state index is -0.136. The van der Waals surface area contributed by atoms with Crippen molar-refractivity contribution in [2.24, 2.45) is 0 Å². The van der Waals surface area contributed by atoms with E-state index in [0.29, 0.717) is 0 Å². The summed E-state index contributed by atoms with van der Waals surface area (Å²) in [7, 11) is 0. The maximum Gasteiger partial charge on any atom is 0.251 e. The van der Waals surface area contributed by atoms with Crippen molar-refractivity contribution in [3.63, 3.8) is 0 Å². The normalized spacial score (nSPS) is 31.1. The molecule has 0 radical (unpaired) electrons. The van der Waals surface area contributed by atoms with Crippen molar-refractivity contribution < 1.29 is 9.53 Å². The molecule has 18 heavy (non-hydrogen) atoms. The summed E-state index contributed by atoms with van der Waals surface area (Å²) in [4.78, 5) is 16.8. The molecule has 3 fully saturated rings. The smallest absolute Gasteiger partial charge is 0.251 e. The Morgan fingerprint density at radius 2 is 1.67 bits per heavy atom. The fourth-order valence-electron chi connectivity index (χ4n) is 3.55. The highest BCUT2D eigenvalue weighted by Gasteiger charge is 2.32. The van der Waals surface area contributed by atoms with Gasteiger partial charge in [0.1, 0.15) is 6.10 Å². The van der Waals surface area contributed by atoms with Gasteiger partial charge in [0, 0.05) is 38.8 Å². The van der Waals surface area contributed by atoms with Crippen LogP contribution in [0.15, 0.2) is 0 Å². The number of amides is 1. The fourth-order valence-corrected chi connectivity index (χ4v) is 3.55. The standard InChI is InChI=1S/C14H24N2O2/c17-14(13-6-3-11-18-13)16-9-7-15(8-10-16)12-4-1-2-5-12/h12-13H,1-11H2/t13-/m1/s1. The van der Waals surface area contributed by atoms with Gasteiger partial charge in [0.2, 0.25) is 0 Å². The van der Waals surface area contributed by atoms with E-state index < -0.39 is 0 Å². The zero-order valence-electron chi connectivity index (χ0n) is 11.1. The Kier molecular flexibility index (Phi) is 3.85. The van der Waals surface area contributed by atoms with E-state index in [1.165, 1.54) is 25.7 Å². The van der Waals surface area contributed by atoms with Crippen LogP contribution in [-0.4, -0.2) is 60.6 Å². The average Bonchev–Trinajstić information content (AvgIpc) is 3.11. The number of nitrogens with zero attached hydrogens (tertiary/aromatic N) is 2. The highest BCUT2D eigenvalue weighted by molar-refractivity contribution is 5.81. The summed E-state index contributed by atoms with van der Waals surface area (Å²) < 4.78 is 5.49. The molecule has 0 aromatic rings. The quantitative estimate of drug-likeness (QED) is 0.741. The molecular weight excluding hydrogens is 228 g/mol. The Hall–Kier alpha value is -0.610. The van der Waals surface area contributed by atoms with Crippen LogP contribution in [0.4, 0.5) is 0 Å². The SMILES string of the molecule is O=C([C@H]1CCCO1)N1CCN(C2CCCC2)CC1. The molecule has 0 N–H and O–H groups in total. The Balaban J connectivity index is 1.48. The van der Waals surface area contributed by atoms with Crippen LogP contribution in [-0.2, 0) is 9.53 Å². The summed E-state index contributed by atoms with van der Waals surface area (Å²) in [6, 6.07) is 0.796. The molecule has 2 aliphatic heterocycles. The lowest BCUT2D eigenvalue weighted by atomic mass is 10.1. The molecule has 0 unspecified atom stereocenters. The molecule has 0 bridgehead atoms. The van der Waals surface area contributed by atoms with Gasteiger partial charge in [-0.2, -0.15) is 0 Å². The van der Waals surface area contributed by atoms with Crippen molar-refractivity contribution >= 4 is 5.91 Å². The molecule has 4 nitrogen and oxygen atoms in total. The van der Waals surface area contributed by atoms with Crippen LogP contribution in [0.1, 0.15) is 38.5 Å². The molecule has 3 aliphatic rings. The predicted octanol–water partition coefficient (Wildman–Crippen LogP) is 1.25. The van der Waals surface area contributed by atoms with Crippen molar-refractivity contribution in [2.45, 2.75) is 50.7 Å². The highest BCUT2D eigenvalue weighted by Crippen LogP contribution is 2.24. The van der Waals surface area contributed by atoms with Gasteiger partial charge in [-0.1, -0.05) is 12.8 Å². The Morgan fingerprint density at radius 3 is 2.28 bits per heavy atom. The first kappa shape index (κ1) is 12.4. The third kappa shape index (κ3) is 2.54. The summed E-state index contributed by atoms with van der Waals surface area (Å²) in [5.41, 5.74) is 0. The second kappa shape index (κ2) is 5.57. The number of carbonyl (C=O) groups is 1. The van der Waals surface area contributed by atoms with E-state index >= 15 is 0 Å². The van der Waals surface area contributed by atoms with Crippen LogP contribution in [0.2, 0.25) is 0 Å². The molecule has 0 aromatic heterocycles. The number of piperazine rings is 1. The molecule has 1 atom stereocenters. The van der Waals surface area contributed by atoms with Gasteiger partial charge in [0.25, 0.3) is 5.91 Å². The molecule has 1 amide bonds. The molecule has 1 saturated carbocycles. The maximum absolute atomic E-state index is 12.2. The Morgan fingerprint density at radius 1 is 0.944 bits per heavy atom. The topological polar surface area (TPSA) is 32.8 Å². The number of hydrogen-bond donors (Lipinski definition) is 0. The first-order valence-electron chi connectivity index (χ1n) is 7.49. The lowest BCUT2D eigenvalue weighted by Gasteiger charge is -2.38. The van der Waals surface area contributed by atoms with Crippen molar-refractivity contribution in [3.8, 4) is 0 Å². The van der Waals surface area contributed by atoms with Crippen LogP contribution < -0.4 is 0 Å². The zero-order chi connectivity index (χ0) is 12.4. The third-order valence-corrected chi connectivity index (χ3v) is 4.67. The molecule has 102 valence electrons. The van der Waals surface area contributed by atoms with Crippen molar-refractivity contribution in [1.29, 1.82) is 0 Å². The maximum atomic E-state index is 12.2. The van der Waals surface area contributed by atoms with Crippen molar-refractivity contribution in [2.75, 3.05) is 32.8 Å². The Labute approximate surface area is 109 Å². The van der Waals surface area contributed by atoms with Crippen LogP contribution in [0.5, 0.6) is 0 Å². The molecule has 2 heterocycles. The fraction of sp³-hybridized carbons (Fsp3) is 0.929. The van der Waals surface area contributed by atoms with Gasteiger partial charge in [-0.15, -0.1) is 0 Å². The molecular formula is C14H24N2O2. The van der Waals surface area contributed by atoms with E-state index in [1.54, 1.807) is 0 Å². The molecule has 0 aromatic carbocycles. The van der Waals surface area contributed by atoms with E-state index in [4.69, 9.17) is 4.74 Å². The average molecular weight is 252 g/mol. The summed E-state index contributed by atoms with van der Waals surface area (Å²) in [6.45, 7) is 4.68. The minimum Gasteiger partial charge on any atom is -0.368 e. The lowest BCUT2D eigenvalue weighted by molar-refractivity contribution is -0.143. The number of carbonyl (C=O) groups excluding carboxylic acids is 1. The molecule has 1 aliphatic carbocycles. The lowest BCUT2D eigenvalue weighted by Crippen LogP contribution is -2.53. The van der Waals surface area contributed by atoms with Crippen LogP contribution in [0, 0.1) is 0 Å². The summed E-state index contributed by atoms with van der Waals surface area (Å²) >= 11 is 0. The summed E-state index contributed by atoms with van der Waals surface area (Å²) in [6.07, 6.45) is 7.32. The first-order valence-corrected chi connectivity index (χ1v) is 7.49. The van der Waals surface area contributed by atoms with Gasteiger partial charge < -0.3 is 9.64 Å².